The van der Waals surface area contributed by atoms with Crippen LogP contribution in [0, 0.1) is 4.91 Å². The van der Waals surface area contributed by atoms with E-state index in [0.29, 0.717) is 11.5 Å². The molecule has 0 radical (unpaired) electrons. The fourth-order valence-electron chi connectivity index (χ4n) is 0.274. The van der Waals surface area contributed by atoms with Gasteiger partial charge in [0.2, 0.25) is 11.5 Å². The zero-order valence-corrected chi connectivity index (χ0v) is 4.68. The highest BCUT2D eigenvalue weighted by Crippen LogP contribution is 1.76. The summed E-state index contributed by atoms with van der Waals surface area (Å²) in [6.45, 7) is 2.38. The molecule has 0 heterocycles. The highest BCUT2D eigenvalue weighted by molar-refractivity contribution is 4.12. The first kappa shape index (κ1) is 6.40. The molecule has 0 saturated carbocycles. The molecule has 7 heavy (non-hydrogen) atoms. The minimum absolute atomic E-state index is 0.455. The number of rotatable bonds is 3. The van der Waals surface area contributed by atoms with Crippen LogP contribution in [-0.4, -0.2) is 18.6 Å². The summed E-state index contributed by atoms with van der Waals surface area (Å²) < 4.78 is 0. The van der Waals surface area contributed by atoms with Crippen molar-refractivity contribution in [3.63, 3.8) is 0 Å². The van der Waals surface area contributed by atoms with Crippen molar-refractivity contribution in [2.75, 3.05) is 13.7 Å². The first-order valence-electron chi connectivity index (χ1n) is 2.30. The molecule has 0 fully saturated rings. The van der Waals surface area contributed by atoms with Gasteiger partial charge in [0.1, 0.15) is 0 Å². The first-order valence-corrected chi connectivity index (χ1v) is 2.30. The average molecular weight is 104 g/mol. The maximum atomic E-state index is 10.1. The van der Waals surface area contributed by atoms with Crippen LogP contribution in [0.15, 0.2) is 0 Å². The van der Waals surface area contributed by atoms with Crippen LogP contribution in [-0.2, 0) is 4.84 Å². The molecule has 0 aromatic heterocycles. The minimum Gasteiger partial charge on any atom is -0.236 e. The minimum atomic E-state index is 0.455. The summed E-state index contributed by atoms with van der Waals surface area (Å²) in [5.41, 5.74) is 0. The maximum absolute atomic E-state index is 10.1. The summed E-state index contributed by atoms with van der Waals surface area (Å²) in [5, 5.41) is 0. The molecule has 0 aliphatic heterocycles. The van der Waals surface area contributed by atoms with Gasteiger partial charge in [-0.2, -0.15) is 0 Å². The average Bonchev–Trinajstić information content (AvgIpc) is 1.68. The smallest absolute Gasteiger partial charge is 0.236 e. The van der Waals surface area contributed by atoms with Crippen LogP contribution in [0.3, 0.4) is 0 Å². The van der Waals surface area contributed by atoms with Crippen molar-refractivity contribution in [1.82, 2.24) is 0 Å². The Kier molecular flexibility index (Phi) is 3.28. The van der Waals surface area contributed by atoms with Crippen molar-refractivity contribution < 1.29 is 9.76 Å². The van der Waals surface area contributed by atoms with Gasteiger partial charge >= 0.3 is 0 Å². The molecule has 0 atom stereocenters. The highest BCUT2D eigenvalue weighted by atomic mass is 16.8. The van der Waals surface area contributed by atoms with E-state index < -0.39 is 0 Å². The molecule has 0 aliphatic carbocycles. The summed E-state index contributed by atoms with van der Waals surface area (Å²) in [4.78, 5) is 14.9. The molecule has 0 rings (SSSR count). The Bertz CT molecular complexity index is 62.7. The zero-order valence-electron chi connectivity index (χ0n) is 4.68. The van der Waals surface area contributed by atoms with Crippen molar-refractivity contribution in [3.05, 3.63) is 4.91 Å². The van der Waals surface area contributed by atoms with Gasteiger partial charge in [-0.05, 0) is 0 Å². The van der Waals surface area contributed by atoms with Gasteiger partial charge in [0.25, 0.3) is 0 Å². The Balaban J connectivity index is 3.00. The molecule has 0 aromatic rings. The Morgan fingerprint density at radius 3 is 2.43 bits per heavy atom. The Labute approximate surface area is 42.8 Å². The van der Waals surface area contributed by atoms with Crippen molar-refractivity contribution in [1.29, 1.82) is 0 Å². The summed E-state index contributed by atoms with van der Waals surface area (Å²) in [6, 6.07) is 0. The van der Waals surface area contributed by atoms with Crippen molar-refractivity contribution in [2.24, 2.45) is 0 Å². The van der Waals surface area contributed by atoms with Gasteiger partial charge in [0.15, 0.2) is 7.11 Å². The molecule has 0 aromatic carbocycles. The molecular formula is C4H10NO2+. The van der Waals surface area contributed by atoms with E-state index in [2.05, 4.69) is 4.84 Å². The molecule has 0 bridgehead atoms. The normalized spacial score (nSPS) is 8.29. The van der Waals surface area contributed by atoms with E-state index in [9.17, 15) is 4.91 Å². The van der Waals surface area contributed by atoms with Crippen molar-refractivity contribution >= 4 is 0 Å². The highest BCUT2D eigenvalue weighted by Gasteiger charge is 2.00. The van der Waals surface area contributed by atoms with Crippen LogP contribution < -0.4 is 0 Å². The van der Waals surface area contributed by atoms with E-state index >= 15 is 0 Å². The molecule has 0 aliphatic rings. The van der Waals surface area contributed by atoms with E-state index in [1.165, 1.54) is 7.11 Å². The third kappa shape index (κ3) is 3.22. The molecule has 0 unspecified atom stereocenters. The largest absolute Gasteiger partial charge is 0.248 e. The van der Waals surface area contributed by atoms with Gasteiger partial charge in [-0.15, -0.1) is 0 Å². The van der Waals surface area contributed by atoms with Crippen molar-refractivity contribution in [3.8, 4) is 0 Å². The first-order chi connectivity index (χ1) is 3.31. The van der Waals surface area contributed by atoms with E-state index in [1.807, 2.05) is 6.92 Å². The Morgan fingerprint density at radius 2 is 2.29 bits per heavy atom. The molecule has 0 amide bonds. The molecule has 3 nitrogen and oxygen atoms in total. The monoisotopic (exact) mass is 104 g/mol. The summed E-state index contributed by atoms with van der Waals surface area (Å²) in [5.74, 6) is 0. The van der Waals surface area contributed by atoms with E-state index in [-0.39, 0.29) is 0 Å². The maximum Gasteiger partial charge on any atom is 0.248 e. The topological polar surface area (TPSA) is 29.3 Å². The fourth-order valence-corrected chi connectivity index (χ4v) is 0.274. The quantitative estimate of drug-likeness (QED) is 0.494. The second-order valence-corrected chi connectivity index (χ2v) is 1.24. The SMILES string of the molecule is CCC[N+](=O)OC. The van der Waals surface area contributed by atoms with Crippen LogP contribution >= 0.6 is 0 Å². The third-order valence-corrected chi connectivity index (χ3v) is 0.610. The summed E-state index contributed by atoms with van der Waals surface area (Å²) in [7, 11) is 1.36. The fraction of sp³-hybridized carbons (Fsp3) is 1.00. The number of hydrogen-bond donors (Lipinski definition) is 0. The molecule has 3 heteroatoms. The molecule has 0 N–H and O–H groups in total. The van der Waals surface area contributed by atoms with Gasteiger partial charge in [-0.3, -0.25) is 0 Å². The van der Waals surface area contributed by atoms with Gasteiger partial charge in [0.05, 0.1) is 4.91 Å². The number of nitrogens with zero attached hydrogens (tertiary/aromatic N) is 1. The predicted molar refractivity (Wildman–Crippen MR) is 25.8 cm³/mol. The van der Waals surface area contributed by atoms with Gasteiger partial charge < -0.3 is 0 Å². The standard InChI is InChI=1S/C4H10NO2/c1-3-4-5(6)7-2/h3-4H2,1-2H3/q+1. The predicted octanol–water partition coefficient (Wildman–Crippen LogP) is 0.737. The molecule has 0 saturated heterocycles. The molecule has 42 valence electrons. The van der Waals surface area contributed by atoms with E-state index in [4.69, 9.17) is 0 Å². The second kappa shape index (κ2) is 3.59. The lowest BCUT2D eigenvalue weighted by Gasteiger charge is -1.80. The van der Waals surface area contributed by atoms with Gasteiger partial charge in [-0.1, -0.05) is 6.92 Å². The third-order valence-electron chi connectivity index (χ3n) is 0.610. The molecular weight excluding hydrogens is 94.0 g/mol. The Morgan fingerprint density at radius 1 is 1.71 bits per heavy atom. The zero-order chi connectivity index (χ0) is 5.70. The van der Waals surface area contributed by atoms with Crippen molar-refractivity contribution in [2.45, 2.75) is 13.3 Å². The lowest BCUT2D eigenvalue weighted by molar-refractivity contribution is -0.795. The van der Waals surface area contributed by atoms with Crippen LogP contribution in [0.1, 0.15) is 13.3 Å². The molecule has 0 spiro atoms. The summed E-state index contributed by atoms with van der Waals surface area (Å²) >= 11 is 0. The van der Waals surface area contributed by atoms with Crippen LogP contribution in [0.4, 0.5) is 0 Å². The van der Waals surface area contributed by atoms with Crippen LogP contribution in [0.5, 0.6) is 0 Å². The van der Waals surface area contributed by atoms with E-state index in [1.54, 1.807) is 0 Å². The number of hydrogen-bond acceptors (Lipinski definition) is 2. The summed E-state index contributed by atoms with van der Waals surface area (Å²) in [6.07, 6.45) is 0.831. The Hall–Kier alpha value is -0.600. The lowest BCUT2D eigenvalue weighted by Crippen LogP contribution is -2.05. The van der Waals surface area contributed by atoms with Crippen LogP contribution in [0.25, 0.3) is 0 Å². The van der Waals surface area contributed by atoms with E-state index in [0.717, 1.165) is 6.42 Å². The second-order valence-electron chi connectivity index (χ2n) is 1.24. The van der Waals surface area contributed by atoms with Crippen LogP contribution in [0.2, 0.25) is 0 Å². The van der Waals surface area contributed by atoms with Gasteiger partial charge in [-0.25, -0.2) is 4.84 Å². The van der Waals surface area contributed by atoms with Gasteiger partial charge in [0, 0.05) is 6.42 Å². The lowest BCUT2D eigenvalue weighted by atomic mass is 10.5.